The highest BCUT2D eigenvalue weighted by molar-refractivity contribution is 9.28. The second-order valence-corrected chi connectivity index (χ2v) is 57.6. The van der Waals surface area contributed by atoms with E-state index in [9.17, 15) is 45.8 Å². The predicted octanol–water partition coefficient (Wildman–Crippen LogP) is 19.7. The lowest BCUT2D eigenvalue weighted by molar-refractivity contribution is -0.180. The second kappa shape index (κ2) is 45.4. The first kappa shape index (κ1) is 104. The molecule has 18 nitrogen and oxygen atoms in total. The highest BCUT2D eigenvalue weighted by Gasteiger charge is 2.56. The quantitative estimate of drug-likeness (QED) is 0.00982. The third kappa shape index (κ3) is 29.8. The first-order valence-electron chi connectivity index (χ1n) is 40.4. The van der Waals surface area contributed by atoms with Crippen molar-refractivity contribution < 1.29 is 112 Å². The number of ether oxygens (including phenoxy) is 12. The van der Waals surface area contributed by atoms with Gasteiger partial charge < -0.3 is 75.6 Å². The molecule has 670 valence electrons. The van der Waals surface area contributed by atoms with Gasteiger partial charge in [-0.15, -0.1) is 0 Å². The summed E-state index contributed by atoms with van der Waals surface area (Å²) >= 11 is 6.16. The highest BCUT2D eigenvalue weighted by atomic mass is 79.9. The molecule has 9 atom stereocenters. The Labute approximate surface area is 737 Å². The molecule has 0 radical (unpaired) electrons. The minimum Gasteiger partial charge on any atom is -0.497 e. The largest absolute Gasteiger partial charge is 0.497 e. The number of hydrogen-bond donors (Lipinski definition) is 1. The SMILES string of the molecule is CC(O[Si](c1ccccc1)(c1ccccc1)C(C)(C)C)C(C=C(Br)Br)C(F)(F)F.COCOc1cc(OC)cc(/C=C/C[C@@H]2OC(C)(C)OC2C(O)C#CC(C(C)O[Si](c2ccccc2)(c2ccccc2)C(C)(C)C)C(F)(F)F)c1C(=O)OCC[Si](C)(C)C.COCOc1cc(OC)cc(/C=C/C[C@@H]2OC(C)(C)OC2C=O)c1C(=O)OCC[Si](C)(C)C. The van der Waals surface area contributed by atoms with E-state index in [0.717, 1.165) is 45.2 Å². The molecule has 6 aromatic rings. The van der Waals surface area contributed by atoms with Crippen molar-refractivity contribution in [3.8, 4) is 34.8 Å². The van der Waals surface area contributed by atoms with Gasteiger partial charge in [-0.3, -0.25) is 0 Å². The van der Waals surface area contributed by atoms with E-state index < -0.39 is 133 Å². The van der Waals surface area contributed by atoms with E-state index >= 15 is 0 Å². The first-order chi connectivity index (χ1) is 56.9. The van der Waals surface area contributed by atoms with Crippen molar-refractivity contribution in [3.63, 3.8) is 0 Å². The summed E-state index contributed by atoms with van der Waals surface area (Å²) in [6, 6.07) is 46.4. The van der Waals surface area contributed by atoms with Crippen LogP contribution in [0.25, 0.3) is 12.2 Å². The number of esters is 2. The van der Waals surface area contributed by atoms with Crippen LogP contribution in [0.5, 0.6) is 23.0 Å². The molecule has 2 aliphatic heterocycles. The molecule has 0 amide bonds. The molecule has 0 aliphatic carbocycles. The molecule has 0 bridgehead atoms. The van der Waals surface area contributed by atoms with E-state index in [0.29, 0.717) is 41.4 Å². The summed E-state index contributed by atoms with van der Waals surface area (Å²) in [5.41, 5.74) is 1.45. The van der Waals surface area contributed by atoms with Crippen LogP contribution in [-0.2, 0) is 51.5 Å². The molecule has 2 fully saturated rings. The van der Waals surface area contributed by atoms with Gasteiger partial charge in [-0.1, -0.05) is 238 Å². The van der Waals surface area contributed by atoms with Crippen molar-refractivity contribution >= 4 is 116 Å². The summed E-state index contributed by atoms with van der Waals surface area (Å²) in [6.45, 7) is 35.5. The Kier molecular flexibility index (Phi) is 38.6. The first-order valence-corrected chi connectivity index (χ1v) is 53.2. The number of aliphatic hydroxyl groups is 1. The molecule has 2 saturated heterocycles. The van der Waals surface area contributed by atoms with Gasteiger partial charge in [-0.2, -0.15) is 26.3 Å². The zero-order chi connectivity index (χ0) is 91.0. The highest BCUT2D eigenvalue weighted by Crippen LogP contribution is 2.45. The minimum absolute atomic E-state index is 0.0329. The summed E-state index contributed by atoms with van der Waals surface area (Å²) in [5.74, 6) is -0.791. The smallest absolute Gasteiger partial charge is 0.404 e. The average Bonchev–Trinajstić information content (AvgIpc) is 1.07. The molecule has 1 N–H and O–H groups in total. The Morgan fingerprint density at radius 3 is 1.24 bits per heavy atom. The van der Waals surface area contributed by atoms with Crippen LogP contribution < -0.4 is 39.7 Å². The Hall–Kier alpha value is -7.04. The summed E-state index contributed by atoms with van der Waals surface area (Å²) in [6.07, 6.45) is -6.97. The number of carbonyl (C=O) groups excluding carboxylic acids is 3. The van der Waals surface area contributed by atoms with Crippen LogP contribution in [0.1, 0.15) is 128 Å². The van der Waals surface area contributed by atoms with Crippen LogP contribution in [0.15, 0.2) is 167 Å². The maximum absolute atomic E-state index is 15.0. The van der Waals surface area contributed by atoms with E-state index in [1.807, 2.05) is 169 Å². The molecule has 8 rings (SSSR count). The van der Waals surface area contributed by atoms with E-state index in [1.165, 1.54) is 42.3 Å². The monoisotopic (exact) mass is 1900 g/mol. The second-order valence-electron chi connectivity index (χ2n) is 35.1. The van der Waals surface area contributed by atoms with Gasteiger partial charge >= 0.3 is 24.3 Å². The summed E-state index contributed by atoms with van der Waals surface area (Å²) in [5, 5.41) is 14.0. The topological polar surface area (TPSA) is 201 Å². The van der Waals surface area contributed by atoms with Gasteiger partial charge in [0.1, 0.15) is 58.4 Å². The van der Waals surface area contributed by atoms with Crippen LogP contribution in [-0.4, -0.2) is 178 Å². The fourth-order valence-electron chi connectivity index (χ4n) is 14.2. The number of aliphatic hydroxyl groups excluding tert-OH is 1. The lowest BCUT2D eigenvalue weighted by Crippen LogP contribution is -2.68. The van der Waals surface area contributed by atoms with Crippen molar-refractivity contribution in [1.82, 2.24) is 0 Å². The van der Waals surface area contributed by atoms with Gasteiger partial charge in [0.15, 0.2) is 31.4 Å². The standard InChI is InChI=1S/C46H61F3O9Si2.C24H36O8Si.C22H25Br2F3OSi/c1-32(58-60(44(2,3)4,35-20-14-12-15-21-35)36-22-16-13-17-23-36)37(46(47,48)49)25-26-38(50)42-39(56-45(5,6)57-42)24-18-19-33-29-34(53-8)30-40(55-31-52-7)41(33)43(51)54-27-28-59(9,10)11;1-24(2)31-19(21(15-25)32-24)10-8-9-17-13-18(28-4)14-20(30-16-27-3)22(17)23(26)29-11-12-33(5,6)7;1-16(19(15-20(23)24)22(25,26)27)28-29(21(2,3)4,17-11-7-5-8-12-17)18-13-9-6-10-14-18/h12-23,29-30,32,37-39,42,50H,24,27-28,31H2,1-11H3;8-9,13-15,19,21H,10-12,16H2,1-7H3;5-16,19H,1-4H3/b19-18+;9-8+;/t32?,37?,38?,39-,42?;19-,21?;/m00./s1. The van der Waals surface area contributed by atoms with Crippen molar-refractivity contribution in [1.29, 1.82) is 0 Å². The maximum Gasteiger partial charge on any atom is 0.404 e. The molecule has 0 spiro atoms. The van der Waals surface area contributed by atoms with Gasteiger partial charge in [-0.05, 0) is 158 Å². The number of carbonyl (C=O) groups is 3. The van der Waals surface area contributed by atoms with Gasteiger partial charge in [0.25, 0.3) is 16.6 Å². The van der Waals surface area contributed by atoms with E-state index in [4.69, 9.17) is 65.7 Å². The average molecular weight is 1900 g/mol. The van der Waals surface area contributed by atoms with Crippen molar-refractivity contribution in [3.05, 3.63) is 189 Å². The molecule has 7 unspecified atom stereocenters. The molecule has 30 heteroatoms. The van der Waals surface area contributed by atoms with E-state index in [2.05, 4.69) is 83.0 Å². The normalized spacial score (nSPS) is 18.2. The lowest BCUT2D eigenvalue weighted by Gasteiger charge is -2.45. The van der Waals surface area contributed by atoms with Crippen LogP contribution >= 0.6 is 31.9 Å². The van der Waals surface area contributed by atoms with Crippen LogP contribution in [0.3, 0.4) is 0 Å². The maximum atomic E-state index is 15.0. The number of rotatable bonds is 35. The number of alkyl halides is 6. The molecular weight excluding hydrogens is 1780 g/mol. The van der Waals surface area contributed by atoms with Crippen molar-refractivity contribution in [2.24, 2.45) is 11.8 Å². The number of methoxy groups -OCH3 is 4. The van der Waals surface area contributed by atoms with Crippen molar-refractivity contribution in [2.75, 3.05) is 55.2 Å². The lowest BCUT2D eigenvalue weighted by atomic mass is 10.0. The Bertz CT molecular complexity index is 4380. The summed E-state index contributed by atoms with van der Waals surface area (Å²) in [4.78, 5) is 37.9. The van der Waals surface area contributed by atoms with E-state index in [-0.39, 0.29) is 46.9 Å². The molecule has 122 heavy (non-hydrogen) atoms. The third-order valence-corrected chi connectivity index (χ3v) is 34.3. The molecular formula is C92H122Br2F6O18Si4. The van der Waals surface area contributed by atoms with Gasteiger partial charge in [0.05, 0.1) is 61.2 Å². The van der Waals surface area contributed by atoms with E-state index in [1.54, 1.807) is 70.2 Å². The summed E-state index contributed by atoms with van der Waals surface area (Å²) in [7, 11) is -3.33. The Balaban J connectivity index is 0.000000312. The zero-order valence-electron chi connectivity index (χ0n) is 74.1. The number of aldehydes is 1. The van der Waals surface area contributed by atoms with Gasteiger partial charge in [0, 0.05) is 42.5 Å². The fourth-order valence-corrected chi connectivity index (χ4v) is 25.7. The number of halogens is 8. The van der Waals surface area contributed by atoms with Crippen LogP contribution in [0.4, 0.5) is 26.3 Å². The Morgan fingerprint density at radius 2 is 0.902 bits per heavy atom. The predicted molar refractivity (Wildman–Crippen MR) is 484 cm³/mol. The molecule has 6 aromatic carbocycles. The van der Waals surface area contributed by atoms with Crippen molar-refractivity contribution in [2.45, 2.75) is 224 Å². The molecule has 2 heterocycles. The Morgan fingerprint density at radius 1 is 0.533 bits per heavy atom. The van der Waals surface area contributed by atoms with Gasteiger partial charge in [-0.25, -0.2) is 9.59 Å². The van der Waals surface area contributed by atoms with Gasteiger partial charge in [0.2, 0.25) is 0 Å². The minimum atomic E-state index is -4.79. The molecule has 0 saturated carbocycles. The fraction of sp³-hybridized carbons (Fsp3) is 0.489. The summed E-state index contributed by atoms with van der Waals surface area (Å²) < 4.78 is 167. The van der Waals surface area contributed by atoms with Crippen LogP contribution in [0.2, 0.25) is 61.4 Å². The van der Waals surface area contributed by atoms with Crippen LogP contribution in [0, 0.1) is 23.7 Å². The third-order valence-electron chi connectivity index (χ3n) is 20.1. The zero-order valence-corrected chi connectivity index (χ0v) is 81.3. The molecule has 0 aromatic heterocycles. The molecule has 2 aliphatic rings. The number of benzene rings is 6. The number of hydrogen-bond acceptors (Lipinski definition) is 18.